The summed E-state index contributed by atoms with van der Waals surface area (Å²) < 4.78 is 5.46. The van der Waals surface area contributed by atoms with Crippen molar-refractivity contribution in [3.8, 4) is 0 Å². The fourth-order valence-corrected chi connectivity index (χ4v) is 4.18. The molecule has 6 heteroatoms. The molecule has 2 aliphatic rings. The highest BCUT2D eigenvalue weighted by molar-refractivity contribution is 14.0. The van der Waals surface area contributed by atoms with Crippen LogP contribution < -0.4 is 10.6 Å². The average Bonchev–Trinajstić information content (AvgIpc) is 3.23. The van der Waals surface area contributed by atoms with Gasteiger partial charge in [0.15, 0.2) is 5.96 Å². The lowest BCUT2D eigenvalue weighted by Crippen LogP contribution is -2.38. The number of benzene rings is 1. The summed E-state index contributed by atoms with van der Waals surface area (Å²) in [7, 11) is 1.85. The van der Waals surface area contributed by atoms with Crippen molar-refractivity contribution >= 4 is 29.9 Å². The van der Waals surface area contributed by atoms with Crippen LogP contribution in [-0.2, 0) is 17.8 Å². The largest absolute Gasteiger partial charge is 0.379 e. The minimum atomic E-state index is 0. The second-order valence-corrected chi connectivity index (χ2v) is 7.80. The molecule has 3 rings (SSSR count). The van der Waals surface area contributed by atoms with Gasteiger partial charge in [0.1, 0.15) is 0 Å². The molecule has 0 unspecified atom stereocenters. The number of rotatable bonds is 8. The summed E-state index contributed by atoms with van der Waals surface area (Å²) in [5.41, 5.74) is 2.74. The zero-order valence-corrected chi connectivity index (χ0v) is 19.6. The summed E-state index contributed by atoms with van der Waals surface area (Å²) in [6.07, 6.45) is 8.33. The van der Waals surface area contributed by atoms with Gasteiger partial charge in [0.05, 0.1) is 13.2 Å². The molecular formula is C22H37IN4O. The molecule has 158 valence electrons. The van der Waals surface area contributed by atoms with E-state index in [0.29, 0.717) is 0 Å². The van der Waals surface area contributed by atoms with Gasteiger partial charge in [-0.05, 0) is 29.9 Å². The fraction of sp³-hybridized carbons (Fsp3) is 0.682. The molecule has 1 aliphatic carbocycles. The summed E-state index contributed by atoms with van der Waals surface area (Å²) >= 11 is 0. The minimum absolute atomic E-state index is 0. The Morgan fingerprint density at radius 1 is 1.11 bits per heavy atom. The Morgan fingerprint density at radius 2 is 1.82 bits per heavy atom. The van der Waals surface area contributed by atoms with Gasteiger partial charge < -0.3 is 15.4 Å². The summed E-state index contributed by atoms with van der Waals surface area (Å²) in [6, 6.07) is 8.72. The molecule has 0 aromatic heterocycles. The van der Waals surface area contributed by atoms with Crippen LogP contribution in [0.2, 0.25) is 0 Å². The molecule has 0 amide bonds. The first-order valence-corrected chi connectivity index (χ1v) is 10.7. The van der Waals surface area contributed by atoms with E-state index in [4.69, 9.17) is 4.74 Å². The third kappa shape index (κ3) is 7.87. The molecule has 1 heterocycles. The summed E-state index contributed by atoms with van der Waals surface area (Å²) in [4.78, 5) is 6.86. The Balaban J connectivity index is 0.00000280. The summed E-state index contributed by atoms with van der Waals surface area (Å²) in [5.74, 6) is 1.87. The van der Waals surface area contributed by atoms with Crippen LogP contribution in [-0.4, -0.2) is 50.8 Å². The van der Waals surface area contributed by atoms with E-state index >= 15 is 0 Å². The number of nitrogens with one attached hydrogen (secondary N) is 2. The van der Waals surface area contributed by atoms with E-state index in [1.165, 1.54) is 49.7 Å². The van der Waals surface area contributed by atoms with E-state index in [-0.39, 0.29) is 24.0 Å². The Kier molecular flexibility index (Phi) is 11.2. The van der Waals surface area contributed by atoms with Gasteiger partial charge in [-0.2, -0.15) is 0 Å². The van der Waals surface area contributed by atoms with Crippen molar-refractivity contribution in [2.75, 3.05) is 39.9 Å². The Hall–Kier alpha value is -0.860. The monoisotopic (exact) mass is 500 g/mol. The van der Waals surface area contributed by atoms with Gasteiger partial charge in [-0.3, -0.25) is 9.89 Å². The second kappa shape index (κ2) is 13.4. The van der Waals surface area contributed by atoms with E-state index in [0.717, 1.165) is 57.8 Å². The molecule has 1 aromatic carbocycles. The van der Waals surface area contributed by atoms with Crippen molar-refractivity contribution in [2.24, 2.45) is 10.9 Å². The Bertz CT molecular complexity index is 584. The molecule has 1 aromatic rings. The molecular weight excluding hydrogens is 463 g/mol. The number of morpholine rings is 1. The number of hydrogen-bond donors (Lipinski definition) is 2. The first kappa shape index (κ1) is 23.4. The molecule has 2 fully saturated rings. The molecule has 28 heavy (non-hydrogen) atoms. The smallest absolute Gasteiger partial charge is 0.191 e. The highest BCUT2D eigenvalue weighted by atomic mass is 127. The summed E-state index contributed by atoms with van der Waals surface area (Å²) in [6.45, 7) is 6.54. The lowest BCUT2D eigenvalue weighted by molar-refractivity contribution is 0.0341. The maximum atomic E-state index is 5.46. The number of guanidine groups is 1. The lowest BCUT2D eigenvalue weighted by Gasteiger charge is -2.27. The van der Waals surface area contributed by atoms with Gasteiger partial charge in [-0.25, -0.2) is 0 Å². The van der Waals surface area contributed by atoms with Crippen LogP contribution in [0, 0.1) is 5.92 Å². The van der Waals surface area contributed by atoms with Crippen molar-refractivity contribution in [2.45, 2.75) is 51.6 Å². The van der Waals surface area contributed by atoms with Gasteiger partial charge in [0.2, 0.25) is 0 Å². The number of ether oxygens (including phenoxy) is 1. The van der Waals surface area contributed by atoms with Crippen molar-refractivity contribution in [1.82, 2.24) is 15.5 Å². The standard InChI is InChI=1S/C22H36N4O.HI/c1-23-22(24-12-6-9-19-7-2-3-8-19)25-17-20-10-4-5-11-21(20)18-26-13-15-27-16-14-26;/h4-5,10-11,19H,2-3,6-9,12-18H2,1H3,(H2,23,24,25);1H. The molecule has 0 bridgehead atoms. The fourth-order valence-electron chi connectivity index (χ4n) is 4.18. The highest BCUT2D eigenvalue weighted by Gasteiger charge is 2.14. The predicted octanol–water partition coefficient (Wildman–Crippen LogP) is 3.77. The molecule has 5 nitrogen and oxygen atoms in total. The topological polar surface area (TPSA) is 48.9 Å². The minimum Gasteiger partial charge on any atom is -0.379 e. The quantitative estimate of drug-likeness (QED) is 0.247. The van der Waals surface area contributed by atoms with Gasteiger partial charge in [0, 0.05) is 39.8 Å². The third-order valence-electron chi connectivity index (χ3n) is 5.84. The van der Waals surface area contributed by atoms with Crippen LogP contribution in [0.4, 0.5) is 0 Å². The average molecular weight is 500 g/mol. The number of aliphatic imine (C=N–C) groups is 1. The maximum absolute atomic E-state index is 5.46. The molecule has 0 spiro atoms. The van der Waals surface area contributed by atoms with Gasteiger partial charge in [-0.15, -0.1) is 24.0 Å². The number of nitrogens with zero attached hydrogens (tertiary/aromatic N) is 2. The molecule has 0 atom stereocenters. The van der Waals surface area contributed by atoms with E-state index in [9.17, 15) is 0 Å². The van der Waals surface area contributed by atoms with Crippen molar-refractivity contribution in [1.29, 1.82) is 0 Å². The van der Waals surface area contributed by atoms with Gasteiger partial charge in [0.25, 0.3) is 0 Å². The van der Waals surface area contributed by atoms with E-state index < -0.39 is 0 Å². The van der Waals surface area contributed by atoms with E-state index in [1.54, 1.807) is 0 Å². The molecule has 1 saturated carbocycles. The molecule has 2 N–H and O–H groups in total. The van der Waals surface area contributed by atoms with Gasteiger partial charge in [-0.1, -0.05) is 49.9 Å². The highest BCUT2D eigenvalue weighted by Crippen LogP contribution is 2.28. The van der Waals surface area contributed by atoms with Gasteiger partial charge >= 0.3 is 0 Å². The Morgan fingerprint density at radius 3 is 2.54 bits per heavy atom. The number of hydrogen-bond acceptors (Lipinski definition) is 3. The number of halogens is 1. The van der Waals surface area contributed by atoms with Crippen LogP contribution in [0.25, 0.3) is 0 Å². The maximum Gasteiger partial charge on any atom is 0.191 e. The van der Waals surface area contributed by atoms with Crippen LogP contribution in [0.5, 0.6) is 0 Å². The first-order chi connectivity index (χ1) is 13.3. The normalized spacial score (nSPS) is 18.7. The SMILES string of the molecule is CN=C(NCCCC1CCCC1)NCc1ccccc1CN1CCOCC1.I. The van der Waals surface area contributed by atoms with Crippen molar-refractivity contribution in [3.63, 3.8) is 0 Å². The van der Waals surface area contributed by atoms with E-state index in [1.807, 2.05) is 7.05 Å². The van der Waals surface area contributed by atoms with Crippen LogP contribution in [0.3, 0.4) is 0 Å². The zero-order valence-electron chi connectivity index (χ0n) is 17.3. The zero-order chi connectivity index (χ0) is 18.7. The third-order valence-corrected chi connectivity index (χ3v) is 5.84. The molecule has 1 aliphatic heterocycles. The van der Waals surface area contributed by atoms with Crippen LogP contribution >= 0.6 is 24.0 Å². The Labute approximate surface area is 187 Å². The van der Waals surface area contributed by atoms with Crippen LogP contribution in [0.15, 0.2) is 29.3 Å². The summed E-state index contributed by atoms with van der Waals surface area (Å²) in [5, 5.41) is 6.96. The first-order valence-electron chi connectivity index (χ1n) is 10.7. The van der Waals surface area contributed by atoms with Crippen molar-refractivity contribution in [3.05, 3.63) is 35.4 Å². The van der Waals surface area contributed by atoms with Crippen LogP contribution in [0.1, 0.15) is 49.7 Å². The molecule has 0 radical (unpaired) electrons. The van der Waals surface area contributed by atoms with Crippen molar-refractivity contribution < 1.29 is 4.74 Å². The second-order valence-electron chi connectivity index (χ2n) is 7.80. The lowest BCUT2D eigenvalue weighted by atomic mass is 10.0. The molecule has 1 saturated heterocycles. The predicted molar refractivity (Wildman–Crippen MR) is 127 cm³/mol. The van der Waals surface area contributed by atoms with E-state index in [2.05, 4.69) is 44.8 Å².